The van der Waals surface area contributed by atoms with E-state index in [9.17, 15) is 15.0 Å². The van der Waals surface area contributed by atoms with Gasteiger partial charge in [0.25, 0.3) is 0 Å². The molecule has 0 aliphatic heterocycles. The molecule has 3 aromatic rings. The van der Waals surface area contributed by atoms with Crippen LogP contribution in [0.25, 0.3) is 11.2 Å². The Morgan fingerprint density at radius 1 is 1.34 bits per heavy atom. The van der Waals surface area contributed by atoms with Crippen molar-refractivity contribution in [2.24, 2.45) is 11.3 Å². The lowest BCUT2D eigenvalue weighted by atomic mass is 9.94. The van der Waals surface area contributed by atoms with Gasteiger partial charge in [-0.1, -0.05) is 11.6 Å². The Hall–Kier alpha value is -2.71. The Morgan fingerprint density at radius 2 is 2.12 bits per heavy atom. The molecule has 2 aliphatic rings. The van der Waals surface area contributed by atoms with Crippen molar-refractivity contribution in [3.8, 4) is 11.8 Å². The fraction of sp³-hybridized carbons (Fsp3) is 0.429. The molecule has 2 saturated carbocycles. The van der Waals surface area contributed by atoms with Crippen LogP contribution in [0.5, 0.6) is 0 Å². The molecule has 0 spiro atoms. The Morgan fingerprint density at radius 3 is 2.78 bits per heavy atom. The minimum absolute atomic E-state index is 0.113. The molecule has 11 heteroatoms. The molecule has 2 fully saturated rings. The fourth-order valence-electron chi connectivity index (χ4n) is 4.72. The predicted octanol–water partition coefficient (Wildman–Crippen LogP) is 1.17. The topological polar surface area (TPSA) is 116 Å². The van der Waals surface area contributed by atoms with Gasteiger partial charge in [-0.05, 0) is 36.3 Å². The maximum absolute atomic E-state index is 12.5. The van der Waals surface area contributed by atoms with Crippen molar-refractivity contribution in [3.05, 3.63) is 33.5 Å². The van der Waals surface area contributed by atoms with Gasteiger partial charge in [-0.3, -0.25) is 9.36 Å². The first-order chi connectivity index (χ1) is 15.2. The van der Waals surface area contributed by atoms with Crippen LogP contribution in [-0.4, -0.2) is 62.9 Å². The second-order valence-electron chi connectivity index (χ2n) is 8.41. The number of anilines is 1. The lowest BCUT2D eigenvalue weighted by Gasteiger charge is -2.33. The van der Waals surface area contributed by atoms with E-state index in [1.165, 1.54) is 29.3 Å². The van der Waals surface area contributed by atoms with Gasteiger partial charge in [0.2, 0.25) is 11.7 Å². The summed E-state index contributed by atoms with van der Waals surface area (Å²) in [6.07, 6.45) is 0.913. The van der Waals surface area contributed by atoms with Crippen molar-refractivity contribution in [3.63, 3.8) is 0 Å². The average molecular weight is 473 g/mol. The Balaban J connectivity index is 1.62. The molecule has 4 atom stereocenters. The molecule has 9 nitrogen and oxygen atoms in total. The van der Waals surface area contributed by atoms with E-state index < -0.39 is 17.2 Å². The summed E-state index contributed by atoms with van der Waals surface area (Å²) in [5.74, 6) is 6.35. The summed E-state index contributed by atoms with van der Waals surface area (Å²) in [4.78, 5) is 28.5. The van der Waals surface area contributed by atoms with E-state index in [-0.39, 0.29) is 24.1 Å². The van der Waals surface area contributed by atoms with Crippen molar-refractivity contribution in [1.29, 1.82) is 0 Å². The molecule has 3 N–H and O–H groups in total. The highest BCUT2D eigenvalue weighted by atomic mass is 35.5. The van der Waals surface area contributed by atoms with Gasteiger partial charge in [0, 0.05) is 27.6 Å². The molecular formula is C21H21ClN6O3S. The number of imidazole rings is 1. The number of nitrogens with zero attached hydrogens (tertiary/aromatic N) is 5. The molecule has 0 radical (unpaired) electrons. The molecule has 5 rings (SSSR count). The van der Waals surface area contributed by atoms with Gasteiger partial charge in [-0.15, -0.1) is 11.3 Å². The molecule has 3 aromatic heterocycles. The minimum Gasteiger partial charge on any atom is -0.387 e. The van der Waals surface area contributed by atoms with Gasteiger partial charge >= 0.3 is 0 Å². The quantitative estimate of drug-likeness (QED) is 0.490. The standard InChI is InChI=1S/C21H21ClN6O3S/c1-23-19(30)20-8-11(20)9-21(31,18(20)29)28-10-24-15-16(27(2)3)25-14(26-17(15)28)7-5-12-4-6-13(22)32-12/h4,6,10-11,18,29,31H,8-9H2,1-3H3,(H,23,30)/t11?,18-,20?,21-/m1/s1. The third kappa shape index (κ3) is 2.93. The molecule has 1 amide bonds. The van der Waals surface area contributed by atoms with Gasteiger partial charge in [-0.25, -0.2) is 15.0 Å². The number of hydrogen-bond donors (Lipinski definition) is 3. The van der Waals surface area contributed by atoms with E-state index in [1.54, 1.807) is 11.0 Å². The number of thiophene rings is 1. The van der Waals surface area contributed by atoms with Crippen LogP contribution in [0, 0.1) is 23.2 Å². The lowest BCUT2D eigenvalue weighted by Crippen LogP contribution is -2.49. The van der Waals surface area contributed by atoms with E-state index in [4.69, 9.17) is 11.6 Å². The van der Waals surface area contributed by atoms with Crippen molar-refractivity contribution in [2.75, 3.05) is 26.0 Å². The molecule has 0 bridgehead atoms. The predicted molar refractivity (Wildman–Crippen MR) is 120 cm³/mol. The number of carbonyl (C=O) groups is 1. The smallest absolute Gasteiger partial charge is 0.229 e. The first-order valence-electron chi connectivity index (χ1n) is 10.0. The Labute approximate surface area is 193 Å². The zero-order chi connectivity index (χ0) is 22.8. The molecule has 32 heavy (non-hydrogen) atoms. The highest BCUT2D eigenvalue weighted by molar-refractivity contribution is 7.16. The van der Waals surface area contributed by atoms with E-state index in [2.05, 4.69) is 32.1 Å². The number of rotatable bonds is 3. The van der Waals surface area contributed by atoms with Gasteiger partial charge in [0.05, 0.1) is 21.0 Å². The summed E-state index contributed by atoms with van der Waals surface area (Å²) < 4.78 is 2.09. The van der Waals surface area contributed by atoms with Gasteiger partial charge in [0.1, 0.15) is 6.10 Å². The molecule has 166 valence electrons. The second-order valence-corrected chi connectivity index (χ2v) is 10.1. The number of amides is 1. The van der Waals surface area contributed by atoms with Crippen LogP contribution >= 0.6 is 22.9 Å². The van der Waals surface area contributed by atoms with E-state index in [1.807, 2.05) is 20.2 Å². The zero-order valence-corrected chi connectivity index (χ0v) is 19.2. The van der Waals surface area contributed by atoms with Gasteiger partial charge < -0.3 is 20.4 Å². The van der Waals surface area contributed by atoms with Gasteiger partial charge in [0.15, 0.2) is 22.7 Å². The normalized spacial score (nSPS) is 28.2. The highest BCUT2D eigenvalue weighted by Crippen LogP contribution is 2.68. The van der Waals surface area contributed by atoms with Crippen molar-refractivity contribution >= 4 is 45.8 Å². The number of aliphatic hydroxyl groups excluding tert-OH is 1. The number of aliphatic hydroxyl groups is 2. The van der Waals surface area contributed by atoms with Crippen molar-refractivity contribution in [2.45, 2.75) is 24.7 Å². The van der Waals surface area contributed by atoms with Crippen LogP contribution in [0.15, 0.2) is 18.5 Å². The molecule has 0 aromatic carbocycles. The van der Waals surface area contributed by atoms with Crippen LogP contribution in [0.3, 0.4) is 0 Å². The van der Waals surface area contributed by atoms with Crippen LogP contribution in [0.4, 0.5) is 5.82 Å². The Kier molecular flexibility index (Phi) is 4.73. The third-order valence-electron chi connectivity index (χ3n) is 6.36. The minimum atomic E-state index is -1.71. The summed E-state index contributed by atoms with van der Waals surface area (Å²) in [5, 5.41) is 25.2. The maximum Gasteiger partial charge on any atom is 0.229 e. The number of halogens is 1. The number of fused-ring (bicyclic) bond motifs is 2. The number of nitrogens with one attached hydrogen (secondary N) is 1. The zero-order valence-electron chi connectivity index (χ0n) is 17.6. The van der Waals surface area contributed by atoms with E-state index >= 15 is 0 Å². The monoisotopic (exact) mass is 472 g/mol. The fourth-order valence-corrected chi connectivity index (χ4v) is 5.62. The van der Waals surface area contributed by atoms with Crippen LogP contribution in [0.2, 0.25) is 4.34 Å². The number of carbonyl (C=O) groups excluding carboxylic acids is 1. The largest absolute Gasteiger partial charge is 0.387 e. The molecular weight excluding hydrogens is 452 g/mol. The van der Waals surface area contributed by atoms with Crippen LogP contribution in [-0.2, 0) is 10.5 Å². The summed E-state index contributed by atoms with van der Waals surface area (Å²) in [7, 11) is 5.18. The van der Waals surface area contributed by atoms with Crippen molar-refractivity contribution in [1.82, 2.24) is 24.8 Å². The molecule has 3 heterocycles. The third-order valence-corrected chi connectivity index (χ3v) is 7.51. The number of aromatic nitrogens is 4. The van der Waals surface area contributed by atoms with E-state index in [0.717, 1.165) is 4.88 Å². The summed E-state index contributed by atoms with van der Waals surface area (Å²) in [5.41, 5.74) is -1.89. The molecule has 2 aliphatic carbocycles. The van der Waals surface area contributed by atoms with Gasteiger partial charge in [-0.2, -0.15) is 0 Å². The molecule has 0 saturated heterocycles. The van der Waals surface area contributed by atoms with Crippen molar-refractivity contribution < 1.29 is 15.0 Å². The number of hydrogen-bond acceptors (Lipinski definition) is 8. The Bertz CT molecular complexity index is 1310. The van der Waals surface area contributed by atoms with E-state index in [0.29, 0.717) is 27.7 Å². The second kappa shape index (κ2) is 7.15. The van der Waals surface area contributed by atoms with Crippen LogP contribution in [0.1, 0.15) is 23.5 Å². The highest BCUT2D eigenvalue weighted by Gasteiger charge is 2.76. The molecule has 2 unspecified atom stereocenters. The SMILES string of the molecule is CNC(=O)C12CC1C[C@](O)(n1cnc3c(N(C)C)nc(C#Cc4ccc(Cl)s4)nc31)[C@@H]2O. The summed E-state index contributed by atoms with van der Waals surface area (Å²) in [6, 6.07) is 3.59. The summed E-state index contributed by atoms with van der Waals surface area (Å²) >= 11 is 7.33. The maximum atomic E-state index is 12.5. The van der Waals surface area contributed by atoms with Crippen LogP contribution < -0.4 is 10.2 Å². The summed E-state index contributed by atoms with van der Waals surface area (Å²) in [6.45, 7) is 0. The first-order valence-corrected chi connectivity index (χ1v) is 11.2. The first kappa shape index (κ1) is 21.2. The average Bonchev–Trinajstić information content (AvgIpc) is 3.03. The lowest BCUT2D eigenvalue weighted by molar-refractivity contribution is -0.155.